The molecule has 4 rings (SSSR count). The van der Waals surface area contributed by atoms with Crippen molar-refractivity contribution in [2.24, 2.45) is 0 Å². The first-order valence-electron chi connectivity index (χ1n) is 8.33. The van der Waals surface area contributed by atoms with Crippen LogP contribution in [0.5, 0.6) is 0 Å². The van der Waals surface area contributed by atoms with Gasteiger partial charge in [-0.05, 0) is 63.7 Å². The summed E-state index contributed by atoms with van der Waals surface area (Å²) < 4.78 is 0. The standard InChI is InChI=1S/C24H20/c1-4-18-15-24-20(14-17(18)3)11-12-23-21(9-6-10-22(23)24)19-8-5-7-16(2)13-19/h4-15H,1H2,2-3H3. The lowest BCUT2D eigenvalue weighted by atomic mass is 9.92. The second-order valence-electron chi connectivity index (χ2n) is 6.47. The van der Waals surface area contributed by atoms with Gasteiger partial charge in [-0.1, -0.05) is 78.9 Å². The van der Waals surface area contributed by atoms with Gasteiger partial charge in [-0.2, -0.15) is 0 Å². The predicted octanol–water partition coefficient (Wildman–Crippen LogP) is 6.92. The number of rotatable bonds is 2. The van der Waals surface area contributed by atoms with Gasteiger partial charge in [0.25, 0.3) is 0 Å². The summed E-state index contributed by atoms with van der Waals surface area (Å²) >= 11 is 0. The Hall–Kier alpha value is -2.86. The Kier molecular flexibility index (Phi) is 3.46. The van der Waals surface area contributed by atoms with E-state index in [1.165, 1.54) is 49.4 Å². The fourth-order valence-corrected chi connectivity index (χ4v) is 3.56. The Bertz CT molecular complexity index is 1080. The van der Waals surface area contributed by atoms with E-state index in [4.69, 9.17) is 0 Å². The molecular weight excluding hydrogens is 288 g/mol. The van der Waals surface area contributed by atoms with Crippen molar-refractivity contribution in [3.8, 4) is 11.1 Å². The van der Waals surface area contributed by atoms with E-state index in [1.807, 2.05) is 6.08 Å². The maximum absolute atomic E-state index is 3.95. The molecule has 0 radical (unpaired) electrons. The van der Waals surface area contributed by atoms with Crippen molar-refractivity contribution in [1.82, 2.24) is 0 Å². The van der Waals surface area contributed by atoms with Gasteiger partial charge in [-0.3, -0.25) is 0 Å². The van der Waals surface area contributed by atoms with Crippen molar-refractivity contribution in [1.29, 1.82) is 0 Å². The summed E-state index contributed by atoms with van der Waals surface area (Å²) in [5.74, 6) is 0. The maximum atomic E-state index is 3.95. The molecule has 0 saturated heterocycles. The lowest BCUT2D eigenvalue weighted by Gasteiger charge is -2.12. The molecule has 0 nitrogen and oxygen atoms in total. The molecule has 0 aliphatic heterocycles. The van der Waals surface area contributed by atoms with Crippen LogP contribution in [0.3, 0.4) is 0 Å². The van der Waals surface area contributed by atoms with E-state index in [0.717, 1.165) is 0 Å². The zero-order chi connectivity index (χ0) is 16.7. The molecule has 0 N–H and O–H groups in total. The zero-order valence-corrected chi connectivity index (χ0v) is 14.1. The van der Waals surface area contributed by atoms with Gasteiger partial charge < -0.3 is 0 Å². The highest BCUT2D eigenvalue weighted by Gasteiger charge is 2.08. The molecule has 116 valence electrons. The molecule has 0 aliphatic carbocycles. The molecule has 0 heteroatoms. The molecule has 0 unspecified atom stereocenters. The van der Waals surface area contributed by atoms with Crippen molar-refractivity contribution in [2.75, 3.05) is 0 Å². The average Bonchev–Trinajstić information content (AvgIpc) is 2.60. The van der Waals surface area contributed by atoms with Gasteiger partial charge in [0.15, 0.2) is 0 Å². The van der Waals surface area contributed by atoms with E-state index in [9.17, 15) is 0 Å². The second kappa shape index (κ2) is 5.65. The fourth-order valence-electron chi connectivity index (χ4n) is 3.56. The fraction of sp³-hybridized carbons (Fsp3) is 0.0833. The van der Waals surface area contributed by atoms with Gasteiger partial charge in [0.2, 0.25) is 0 Å². The van der Waals surface area contributed by atoms with Crippen LogP contribution in [0.15, 0.2) is 73.3 Å². The van der Waals surface area contributed by atoms with Crippen molar-refractivity contribution < 1.29 is 0 Å². The highest BCUT2D eigenvalue weighted by Crippen LogP contribution is 2.34. The molecule has 4 aromatic carbocycles. The summed E-state index contributed by atoms with van der Waals surface area (Å²) in [5, 5.41) is 5.18. The number of hydrogen-bond donors (Lipinski definition) is 0. The van der Waals surface area contributed by atoms with E-state index in [1.54, 1.807) is 0 Å². The summed E-state index contributed by atoms with van der Waals surface area (Å²) in [5.41, 5.74) is 6.33. The molecule has 4 aromatic rings. The predicted molar refractivity (Wildman–Crippen MR) is 106 cm³/mol. The third kappa shape index (κ3) is 2.32. The van der Waals surface area contributed by atoms with Gasteiger partial charge in [-0.15, -0.1) is 0 Å². The first kappa shape index (κ1) is 14.7. The molecule has 0 amide bonds. The zero-order valence-electron chi connectivity index (χ0n) is 14.1. The number of benzene rings is 4. The molecule has 24 heavy (non-hydrogen) atoms. The molecule has 0 aromatic heterocycles. The minimum absolute atomic E-state index is 1.20. The van der Waals surface area contributed by atoms with Crippen LogP contribution < -0.4 is 0 Å². The van der Waals surface area contributed by atoms with Crippen molar-refractivity contribution >= 4 is 27.6 Å². The highest BCUT2D eigenvalue weighted by atomic mass is 14.1. The molecular formula is C24H20. The van der Waals surface area contributed by atoms with Gasteiger partial charge in [0, 0.05) is 0 Å². The Morgan fingerprint density at radius 1 is 0.750 bits per heavy atom. The van der Waals surface area contributed by atoms with Crippen molar-refractivity contribution in [3.05, 3.63) is 90.0 Å². The third-order valence-corrected chi connectivity index (χ3v) is 4.81. The smallest absolute Gasteiger partial charge is 0.00990 e. The second-order valence-corrected chi connectivity index (χ2v) is 6.47. The summed E-state index contributed by atoms with van der Waals surface area (Å²) in [7, 11) is 0. The summed E-state index contributed by atoms with van der Waals surface area (Å²) in [6.07, 6.45) is 1.94. The van der Waals surface area contributed by atoms with Crippen LogP contribution in [-0.2, 0) is 0 Å². The first-order valence-corrected chi connectivity index (χ1v) is 8.33. The maximum Gasteiger partial charge on any atom is -0.00990 e. The van der Waals surface area contributed by atoms with Crippen LogP contribution in [-0.4, -0.2) is 0 Å². The van der Waals surface area contributed by atoms with Crippen LogP contribution in [0, 0.1) is 13.8 Å². The highest BCUT2D eigenvalue weighted by molar-refractivity contribution is 6.12. The molecule has 0 saturated carbocycles. The van der Waals surface area contributed by atoms with E-state index in [2.05, 4.69) is 87.2 Å². The Balaban J connectivity index is 2.08. The summed E-state index contributed by atoms with van der Waals surface area (Å²) in [4.78, 5) is 0. The van der Waals surface area contributed by atoms with Gasteiger partial charge in [0.1, 0.15) is 0 Å². The van der Waals surface area contributed by atoms with Crippen LogP contribution in [0.2, 0.25) is 0 Å². The normalized spacial score (nSPS) is 11.1. The lowest BCUT2D eigenvalue weighted by molar-refractivity contribution is 1.47. The number of hydrogen-bond acceptors (Lipinski definition) is 0. The minimum atomic E-state index is 1.20. The monoisotopic (exact) mass is 308 g/mol. The van der Waals surface area contributed by atoms with Gasteiger partial charge in [0.05, 0.1) is 0 Å². The van der Waals surface area contributed by atoms with Crippen LogP contribution in [0.25, 0.3) is 38.7 Å². The minimum Gasteiger partial charge on any atom is -0.0985 e. The molecule has 0 heterocycles. The topological polar surface area (TPSA) is 0 Å². The Morgan fingerprint density at radius 3 is 2.38 bits per heavy atom. The number of aryl methyl sites for hydroxylation is 2. The number of fused-ring (bicyclic) bond motifs is 3. The van der Waals surface area contributed by atoms with Crippen LogP contribution in [0.1, 0.15) is 16.7 Å². The first-order chi connectivity index (χ1) is 11.7. The molecule has 0 aliphatic rings. The largest absolute Gasteiger partial charge is 0.0985 e. The van der Waals surface area contributed by atoms with Crippen LogP contribution >= 0.6 is 0 Å². The molecule has 0 fully saturated rings. The van der Waals surface area contributed by atoms with E-state index >= 15 is 0 Å². The van der Waals surface area contributed by atoms with Crippen LogP contribution in [0.4, 0.5) is 0 Å². The quantitative estimate of drug-likeness (QED) is 0.352. The van der Waals surface area contributed by atoms with E-state index in [0.29, 0.717) is 0 Å². The SMILES string of the molecule is C=Cc1cc2c(ccc3c(-c4cccc(C)c4)cccc32)cc1C. The molecule has 0 spiro atoms. The van der Waals surface area contributed by atoms with Gasteiger partial charge in [-0.25, -0.2) is 0 Å². The Labute approximate surface area is 143 Å². The van der Waals surface area contributed by atoms with Crippen molar-refractivity contribution in [2.45, 2.75) is 13.8 Å². The molecule has 0 atom stereocenters. The van der Waals surface area contributed by atoms with E-state index in [-0.39, 0.29) is 0 Å². The summed E-state index contributed by atoms with van der Waals surface area (Å²) in [6.45, 7) is 8.24. The lowest BCUT2D eigenvalue weighted by Crippen LogP contribution is -1.86. The average molecular weight is 308 g/mol. The third-order valence-electron chi connectivity index (χ3n) is 4.81. The Morgan fingerprint density at radius 2 is 1.58 bits per heavy atom. The van der Waals surface area contributed by atoms with Gasteiger partial charge >= 0.3 is 0 Å². The molecule has 0 bridgehead atoms. The van der Waals surface area contributed by atoms with Crippen molar-refractivity contribution in [3.63, 3.8) is 0 Å². The summed E-state index contributed by atoms with van der Waals surface area (Å²) in [6, 6.07) is 24.3. The van der Waals surface area contributed by atoms with E-state index < -0.39 is 0 Å².